The van der Waals surface area contributed by atoms with Gasteiger partial charge >= 0.3 is 0 Å². The minimum atomic E-state index is 0.617. The topological polar surface area (TPSA) is 38.0 Å². The fraction of sp³-hybridized carbons (Fsp3) is 0.455. The molecule has 0 aliphatic carbocycles. The van der Waals surface area contributed by atoms with Crippen LogP contribution in [-0.2, 0) is 13.0 Å². The molecule has 0 spiro atoms. The molecule has 1 aromatic carbocycles. The molecule has 0 heterocycles. The van der Waals surface area contributed by atoms with Crippen molar-refractivity contribution in [3.05, 3.63) is 29.3 Å². The van der Waals surface area contributed by atoms with Gasteiger partial charge in [-0.2, -0.15) is 0 Å². The molecule has 0 saturated heterocycles. The maximum absolute atomic E-state index is 5.72. The highest BCUT2D eigenvalue weighted by molar-refractivity contribution is 5.54. The van der Waals surface area contributed by atoms with Gasteiger partial charge in [-0.1, -0.05) is 25.5 Å². The van der Waals surface area contributed by atoms with Crippen LogP contribution in [0.1, 0.15) is 24.5 Å². The van der Waals surface area contributed by atoms with Crippen molar-refractivity contribution in [3.63, 3.8) is 0 Å². The van der Waals surface area contributed by atoms with Crippen LogP contribution in [-0.4, -0.2) is 7.05 Å². The third-order valence-corrected chi connectivity index (χ3v) is 2.27. The van der Waals surface area contributed by atoms with E-state index < -0.39 is 0 Å². The highest BCUT2D eigenvalue weighted by atomic mass is 14.8. The summed E-state index contributed by atoms with van der Waals surface area (Å²) in [7, 11) is 1.93. The molecule has 3 N–H and O–H groups in total. The monoisotopic (exact) mass is 178 g/mol. The van der Waals surface area contributed by atoms with Crippen LogP contribution < -0.4 is 11.1 Å². The molecule has 0 radical (unpaired) electrons. The second-order valence-corrected chi connectivity index (χ2v) is 3.15. The van der Waals surface area contributed by atoms with Gasteiger partial charge in [0.2, 0.25) is 0 Å². The average molecular weight is 178 g/mol. The van der Waals surface area contributed by atoms with Crippen molar-refractivity contribution in [3.8, 4) is 0 Å². The number of benzene rings is 1. The first-order valence-electron chi connectivity index (χ1n) is 4.82. The Hall–Kier alpha value is -1.02. The van der Waals surface area contributed by atoms with Gasteiger partial charge in [0.15, 0.2) is 0 Å². The fourth-order valence-corrected chi connectivity index (χ4v) is 1.61. The van der Waals surface area contributed by atoms with Crippen LogP contribution >= 0.6 is 0 Å². The van der Waals surface area contributed by atoms with Crippen LogP contribution in [0.4, 0.5) is 5.69 Å². The van der Waals surface area contributed by atoms with Crippen LogP contribution in [0.3, 0.4) is 0 Å². The molecule has 0 atom stereocenters. The maximum Gasteiger partial charge on any atom is 0.0385 e. The summed E-state index contributed by atoms with van der Waals surface area (Å²) in [5.74, 6) is 0. The minimum absolute atomic E-state index is 0.617. The average Bonchev–Trinajstić information content (AvgIpc) is 2.18. The van der Waals surface area contributed by atoms with E-state index in [4.69, 9.17) is 5.73 Å². The Morgan fingerprint density at radius 3 is 2.69 bits per heavy atom. The first-order valence-corrected chi connectivity index (χ1v) is 4.82. The number of hydrogen-bond acceptors (Lipinski definition) is 2. The molecule has 0 aromatic heterocycles. The SMILES string of the molecule is CCCc1cccc(NC)c1CN. The summed E-state index contributed by atoms with van der Waals surface area (Å²) in [6.45, 7) is 2.80. The molecule has 2 heteroatoms. The standard InChI is InChI=1S/C11H18N2/c1-3-5-9-6-4-7-11(13-2)10(9)8-12/h4,6-7,13H,3,5,8,12H2,1-2H3. The predicted molar refractivity (Wildman–Crippen MR) is 57.9 cm³/mol. The van der Waals surface area contributed by atoms with Gasteiger partial charge in [0.05, 0.1) is 0 Å². The minimum Gasteiger partial charge on any atom is -0.388 e. The van der Waals surface area contributed by atoms with Crippen molar-refractivity contribution < 1.29 is 0 Å². The van der Waals surface area contributed by atoms with E-state index in [0.29, 0.717) is 6.54 Å². The Bertz CT molecular complexity index is 269. The molecule has 0 bridgehead atoms. The quantitative estimate of drug-likeness (QED) is 0.741. The lowest BCUT2D eigenvalue weighted by Gasteiger charge is -2.12. The molecule has 2 nitrogen and oxygen atoms in total. The second-order valence-electron chi connectivity index (χ2n) is 3.15. The number of aryl methyl sites for hydroxylation is 1. The number of nitrogens with one attached hydrogen (secondary N) is 1. The van der Waals surface area contributed by atoms with Crippen LogP contribution in [0.5, 0.6) is 0 Å². The zero-order valence-corrected chi connectivity index (χ0v) is 8.43. The molecule has 13 heavy (non-hydrogen) atoms. The number of anilines is 1. The van der Waals surface area contributed by atoms with Gasteiger partial charge in [-0.3, -0.25) is 0 Å². The number of nitrogens with two attached hydrogens (primary N) is 1. The molecule has 0 amide bonds. The molecule has 0 aliphatic rings. The van der Waals surface area contributed by atoms with Crippen molar-refractivity contribution in [2.75, 3.05) is 12.4 Å². The molecule has 1 rings (SSSR count). The number of hydrogen-bond donors (Lipinski definition) is 2. The lowest BCUT2D eigenvalue weighted by Crippen LogP contribution is -2.05. The molecular weight excluding hydrogens is 160 g/mol. The summed E-state index contributed by atoms with van der Waals surface area (Å²) in [5.41, 5.74) is 9.51. The van der Waals surface area contributed by atoms with E-state index in [1.54, 1.807) is 0 Å². The van der Waals surface area contributed by atoms with Gasteiger partial charge in [-0.15, -0.1) is 0 Å². The van der Waals surface area contributed by atoms with Crippen LogP contribution in [0.25, 0.3) is 0 Å². The largest absolute Gasteiger partial charge is 0.388 e. The zero-order valence-electron chi connectivity index (χ0n) is 8.43. The fourth-order valence-electron chi connectivity index (χ4n) is 1.61. The van der Waals surface area contributed by atoms with E-state index >= 15 is 0 Å². The summed E-state index contributed by atoms with van der Waals surface area (Å²) in [4.78, 5) is 0. The molecule has 0 aliphatic heterocycles. The number of rotatable bonds is 4. The van der Waals surface area contributed by atoms with E-state index in [1.165, 1.54) is 17.5 Å². The van der Waals surface area contributed by atoms with E-state index in [0.717, 1.165) is 12.1 Å². The predicted octanol–water partition coefficient (Wildman–Crippen LogP) is 2.14. The van der Waals surface area contributed by atoms with Crippen LogP contribution in [0, 0.1) is 0 Å². The van der Waals surface area contributed by atoms with Gasteiger partial charge in [-0.25, -0.2) is 0 Å². The van der Waals surface area contributed by atoms with Gasteiger partial charge < -0.3 is 11.1 Å². The van der Waals surface area contributed by atoms with Crippen molar-refractivity contribution >= 4 is 5.69 Å². The van der Waals surface area contributed by atoms with Crippen molar-refractivity contribution in [1.29, 1.82) is 0 Å². The maximum atomic E-state index is 5.72. The Morgan fingerprint density at radius 1 is 1.38 bits per heavy atom. The Balaban J connectivity index is 3.03. The Morgan fingerprint density at radius 2 is 2.15 bits per heavy atom. The highest BCUT2D eigenvalue weighted by Gasteiger charge is 2.03. The normalized spacial score (nSPS) is 10.1. The Kier molecular flexibility index (Phi) is 3.77. The van der Waals surface area contributed by atoms with E-state index in [2.05, 4.69) is 30.4 Å². The second kappa shape index (κ2) is 4.87. The van der Waals surface area contributed by atoms with E-state index in [1.807, 2.05) is 7.05 Å². The smallest absolute Gasteiger partial charge is 0.0385 e. The van der Waals surface area contributed by atoms with E-state index in [9.17, 15) is 0 Å². The molecule has 0 fully saturated rings. The van der Waals surface area contributed by atoms with Crippen molar-refractivity contribution in [2.24, 2.45) is 5.73 Å². The lowest BCUT2D eigenvalue weighted by atomic mass is 10.0. The first-order chi connectivity index (χ1) is 6.33. The van der Waals surface area contributed by atoms with Crippen LogP contribution in [0.15, 0.2) is 18.2 Å². The van der Waals surface area contributed by atoms with Gasteiger partial charge in [0.25, 0.3) is 0 Å². The zero-order chi connectivity index (χ0) is 9.68. The van der Waals surface area contributed by atoms with E-state index in [-0.39, 0.29) is 0 Å². The van der Waals surface area contributed by atoms with Gasteiger partial charge in [-0.05, 0) is 23.6 Å². The summed E-state index contributed by atoms with van der Waals surface area (Å²) < 4.78 is 0. The third-order valence-electron chi connectivity index (χ3n) is 2.27. The third kappa shape index (κ3) is 2.22. The molecule has 0 unspecified atom stereocenters. The Labute approximate surface area is 80.1 Å². The summed E-state index contributed by atoms with van der Waals surface area (Å²) in [5, 5.41) is 3.17. The summed E-state index contributed by atoms with van der Waals surface area (Å²) in [6.07, 6.45) is 2.28. The molecule has 72 valence electrons. The van der Waals surface area contributed by atoms with Gasteiger partial charge in [0.1, 0.15) is 0 Å². The molecule has 1 aromatic rings. The summed E-state index contributed by atoms with van der Waals surface area (Å²) >= 11 is 0. The lowest BCUT2D eigenvalue weighted by molar-refractivity contribution is 0.894. The summed E-state index contributed by atoms with van der Waals surface area (Å²) in [6, 6.07) is 6.31. The van der Waals surface area contributed by atoms with Crippen molar-refractivity contribution in [1.82, 2.24) is 0 Å². The van der Waals surface area contributed by atoms with Crippen LogP contribution in [0.2, 0.25) is 0 Å². The molecule has 0 saturated carbocycles. The first kappa shape index (κ1) is 10.1. The van der Waals surface area contributed by atoms with Crippen molar-refractivity contribution in [2.45, 2.75) is 26.3 Å². The highest BCUT2D eigenvalue weighted by Crippen LogP contribution is 2.20. The van der Waals surface area contributed by atoms with Gasteiger partial charge in [0, 0.05) is 19.3 Å². The molecular formula is C11H18N2.